The number of nitrogens with one attached hydrogen (secondary N) is 1. The van der Waals surface area contributed by atoms with Crippen molar-refractivity contribution in [2.45, 2.75) is 36.9 Å². The summed E-state index contributed by atoms with van der Waals surface area (Å²) in [6, 6.07) is 5.32. The average Bonchev–Trinajstić information content (AvgIpc) is 3.77. The Hall–Kier alpha value is -3.60. The molecule has 2 fully saturated rings. The fraction of sp³-hybridized carbons (Fsp3) is 0.357. The quantitative estimate of drug-likeness (QED) is 0.289. The van der Waals surface area contributed by atoms with Gasteiger partial charge in [-0.05, 0) is 37.5 Å². The van der Waals surface area contributed by atoms with E-state index >= 15 is 0 Å². The van der Waals surface area contributed by atoms with Gasteiger partial charge >= 0.3 is 0 Å². The Labute approximate surface area is 242 Å². The molecule has 3 aliphatic rings. The highest BCUT2D eigenvalue weighted by molar-refractivity contribution is 6.41. The van der Waals surface area contributed by atoms with E-state index in [0.29, 0.717) is 58.0 Å². The van der Waals surface area contributed by atoms with Crippen LogP contribution in [0.15, 0.2) is 48.2 Å². The molecule has 3 aromatic rings. The fourth-order valence-electron chi connectivity index (χ4n) is 5.51. The number of pyridine rings is 1. The minimum absolute atomic E-state index is 0.0853. The maximum absolute atomic E-state index is 6.91. The molecule has 1 spiro atoms. The summed E-state index contributed by atoms with van der Waals surface area (Å²) in [6.45, 7) is 4.78. The van der Waals surface area contributed by atoms with Gasteiger partial charge in [-0.15, -0.1) is 0 Å². The Bertz CT molecular complexity index is 1480. The molecule has 4 heterocycles. The molecule has 12 heteroatoms. The average molecular weight is 582 g/mol. The number of aliphatic imine (C=N–C) groups is 1. The SMILES string of the molecule is C=CC(N)=N[C@H]1CCOC[C@H]1Nc1ncc2c(n1)-c1cccnc1N(c1c(Cl)c(OC)cc(OC)c1Cl)C21CC1. The maximum Gasteiger partial charge on any atom is 0.223 e. The highest BCUT2D eigenvalue weighted by atomic mass is 35.5. The van der Waals surface area contributed by atoms with E-state index in [4.69, 9.17) is 58.1 Å². The van der Waals surface area contributed by atoms with Crippen LogP contribution in [-0.2, 0) is 10.3 Å². The van der Waals surface area contributed by atoms with E-state index < -0.39 is 5.54 Å². The number of benzene rings is 1. The number of amidine groups is 1. The van der Waals surface area contributed by atoms with Crippen molar-refractivity contribution in [3.8, 4) is 22.8 Å². The monoisotopic (exact) mass is 581 g/mol. The van der Waals surface area contributed by atoms with Crippen LogP contribution in [0.25, 0.3) is 11.3 Å². The van der Waals surface area contributed by atoms with E-state index in [0.717, 1.165) is 36.1 Å². The predicted octanol–water partition coefficient (Wildman–Crippen LogP) is 5.12. The number of methoxy groups -OCH3 is 2. The number of hydrogen-bond acceptors (Lipinski definition) is 9. The largest absolute Gasteiger partial charge is 0.495 e. The van der Waals surface area contributed by atoms with Crippen LogP contribution in [0.5, 0.6) is 11.5 Å². The van der Waals surface area contributed by atoms with Crippen LogP contribution in [0.2, 0.25) is 10.0 Å². The number of halogens is 2. The first-order valence-electron chi connectivity index (χ1n) is 12.9. The Morgan fingerprint density at radius 1 is 1.25 bits per heavy atom. The molecular formula is C28H29Cl2N7O3. The number of hydrogen-bond donors (Lipinski definition) is 2. The zero-order valence-corrected chi connectivity index (χ0v) is 23.7. The molecule has 1 saturated carbocycles. The maximum atomic E-state index is 6.91. The first-order valence-corrected chi connectivity index (χ1v) is 13.7. The van der Waals surface area contributed by atoms with E-state index in [2.05, 4.69) is 21.8 Å². The van der Waals surface area contributed by atoms with E-state index in [-0.39, 0.29) is 12.1 Å². The van der Waals surface area contributed by atoms with Crippen LogP contribution >= 0.6 is 23.2 Å². The van der Waals surface area contributed by atoms with Crippen LogP contribution < -0.4 is 25.4 Å². The standard InChI is InChI=1S/C28H29Cl2N7O3/c1-4-21(31)34-17-7-11-40-14-18(17)35-27-33-13-16-24(36-27)15-6-5-10-32-26(15)37(28(16)8-9-28)25-22(29)19(38-2)12-20(39-3)23(25)30/h4-6,10,12-13,17-18H,1,7-9,11,14H2,2-3H3,(H2,31,34)(H,33,35,36)/t17-,18+/m0/s1. The van der Waals surface area contributed by atoms with Crippen molar-refractivity contribution >= 4 is 46.5 Å². The van der Waals surface area contributed by atoms with E-state index in [1.54, 1.807) is 32.6 Å². The molecule has 208 valence electrons. The van der Waals surface area contributed by atoms with Gasteiger partial charge in [0.15, 0.2) is 0 Å². The van der Waals surface area contributed by atoms with Crippen LogP contribution in [0.4, 0.5) is 17.5 Å². The van der Waals surface area contributed by atoms with Gasteiger partial charge in [-0.3, -0.25) is 4.99 Å². The Morgan fingerprint density at radius 3 is 2.67 bits per heavy atom. The topological polar surface area (TPSA) is 120 Å². The molecule has 40 heavy (non-hydrogen) atoms. The molecule has 0 bridgehead atoms. The fourth-order valence-corrected chi connectivity index (χ4v) is 6.18. The lowest BCUT2D eigenvalue weighted by Crippen LogP contribution is -2.43. The third kappa shape index (κ3) is 4.31. The predicted molar refractivity (Wildman–Crippen MR) is 156 cm³/mol. The Kier molecular flexibility index (Phi) is 6.93. The van der Waals surface area contributed by atoms with Crippen molar-refractivity contribution in [3.05, 3.63) is 58.9 Å². The highest BCUT2D eigenvalue weighted by Crippen LogP contribution is 2.64. The molecule has 0 radical (unpaired) electrons. The number of nitrogens with two attached hydrogens (primary N) is 1. The number of nitrogens with zero attached hydrogens (tertiary/aromatic N) is 5. The Balaban J connectivity index is 1.45. The molecule has 1 aliphatic carbocycles. The second kappa shape index (κ2) is 10.4. The minimum Gasteiger partial charge on any atom is -0.495 e. The van der Waals surface area contributed by atoms with Gasteiger partial charge < -0.3 is 30.2 Å². The number of rotatable bonds is 7. The molecular weight excluding hydrogens is 553 g/mol. The van der Waals surface area contributed by atoms with Gasteiger partial charge in [0.25, 0.3) is 0 Å². The summed E-state index contributed by atoms with van der Waals surface area (Å²) in [5.74, 6) is 2.48. The second-order valence-electron chi connectivity index (χ2n) is 9.89. The summed E-state index contributed by atoms with van der Waals surface area (Å²) >= 11 is 13.8. The molecule has 3 N–H and O–H groups in total. The normalized spacial score (nSPS) is 20.9. The van der Waals surface area contributed by atoms with E-state index in [9.17, 15) is 0 Å². The lowest BCUT2D eigenvalue weighted by atomic mass is 9.92. The van der Waals surface area contributed by atoms with Crippen molar-refractivity contribution in [1.82, 2.24) is 15.0 Å². The lowest BCUT2D eigenvalue weighted by molar-refractivity contribution is 0.0771. The van der Waals surface area contributed by atoms with Gasteiger partial charge in [-0.1, -0.05) is 29.8 Å². The minimum atomic E-state index is -0.473. The van der Waals surface area contributed by atoms with Gasteiger partial charge in [0.05, 0.1) is 49.8 Å². The van der Waals surface area contributed by atoms with Crippen molar-refractivity contribution < 1.29 is 14.2 Å². The summed E-state index contributed by atoms with van der Waals surface area (Å²) in [6.07, 6.45) is 7.58. The molecule has 10 nitrogen and oxygen atoms in total. The molecule has 0 unspecified atom stereocenters. The van der Waals surface area contributed by atoms with Crippen molar-refractivity contribution in [2.75, 3.05) is 37.7 Å². The molecule has 1 saturated heterocycles. The first-order chi connectivity index (χ1) is 19.4. The van der Waals surface area contributed by atoms with E-state index in [1.807, 2.05) is 18.3 Å². The number of anilines is 3. The highest BCUT2D eigenvalue weighted by Gasteiger charge is 2.57. The van der Waals surface area contributed by atoms with Crippen LogP contribution in [0, 0.1) is 0 Å². The van der Waals surface area contributed by atoms with Gasteiger partial charge in [0.2, 0.25) is 5.95 Å². The van der Waals surface area contributed by atoms with Gasteiger partial charge in [0.1, 0.15) is 33.2 Å². The number of aromatic nitrogens is 3. The van der Waals surface area contributed by atoms with Crippen molar-refractivity contribution in [3.63, 3.8) is 0 Å². The van der Waals surface area contributed by atoms with E-state index in [1.165, 1.54) is 0 Å². The third-order valence-electron chi connectivity index (χ3n) is 7.63. The molecule has 2 aliphatic heterocycles. The molecule has 0 amide bonds. The summed E-state index contributed by atoms with van der Waals surface area (Å²) in [5.41, 5.74) is 8.65. The summed E-state index contributed by atoms with van der Waals surface area (Å²) < 4.78 is 16.8. The zero-order valence-electron chi connectivity index (χ0n) is 22.2. The second-order valence-corrected chi connectivity index (χ2v) is 10.7. The van der Waals surface area contributed by atoms with Crippen LogP contribution in [0.3, 0.4) is 0 Å². The number of fused-ring (bicyclic) bond motifs is 4. The van der Waals surface area contributed by atoms with Crippen LogP contribution in [-0.4, -0.2) is 60.3 Å². The van der Waals surface area contributed by atoms with Gasteiger partial charge in [-0.2, -0.15) is 0 Å². The number of ether oxygens (including phenoxy) is 3. The zero-order chi connectivity index (χ0) is 28.0. The van der Waals surface area contributed by atoms with Crippen LogP contribution in [0.1, 0.15) is 24.8 Å². The first kappa shape index (κ1) is 26.6. The van der Waals surface area contributed by atoms with Crippen molar-refractivity contribution in [2.24, 2.45) is 10.7 Å². The van der Waals surface area contributed by atoms with Crippen molar-refractivity contribution in [1.29, 1.82) is 0 Å². The summed E-state index contributed by atoms with van der Waals surface area (Å²) in [5, 5.41) is 4.18. The lowest BCUT2D eigenvalue weighted by Gasteiger charge is -2.40. The molecule has 1 aromatic carbocycles. The summed E-state index contributed by atoms with van der Waals surface area (Å²) in [4.78, 5) is 21.2. The summed E-state index contributed by atoms with van der Waals surface area (Å²) in [7, 11) is 3.12. The molecule has 2 atom stereocenters. The third-order valence-corrected chi connectivity index (χ3v) is 8.36. The molecule has 6 rings (SSSR count). The van der Waals surface area contributed by atoms with Gasteiger partial charge in [-0.25, -0.2) is 15.0 Å². The Morgan fingerprint density at radius 2 is 2.00 bits per heavy atom. The molecule has 2 aromatic heterocycles. The smallest absolute Gasteiger partial charge is 0.223 e. The van der Waals surface area contributed by atoms with Gasteiger partial charge in [0, 0.05) is 36.2 Å².